The summed E-state index contributed by atoms with van der Waals surface area (Å²) in [7, 11) is 0. The lowest BCUT2D eigenvalue weighted by atomic mass is 10.1. The molecule has 0 aliphatic rings. The first-order valence-electron chi connectivity index (χ1n) is 5.12. The average Bonchev–Trinajstić information content (AvgIpc) is 2.27. The van der Waals surface area contributed by atoms with Gasteiger partial charge >= 0.3 is 0 Å². The lowest BCUT2D eigenvalue weighted by Gasteiger charge is -2.06. The van der Waals surface area contributed by atoms with Crippen LogP contribution in [0.25, 0.3) is 0 Å². The lowest BCUT2D eigenvalue weighted by molar-refractivity contribution is -0.120. The second kappa shape index (κ2) is 6.02. The van der Waals surface area contributed by atoms with E-state index >= 15 is 0 Å². The first kappa shape index (κ1) is 12.4. The number of nitrogens with one attached hydrogen (secondary N) is 1. The smallest absolute Gasteiger partial charge is 0.227 e. The quantitative estimate of drug-likeness (QED) is 0.569. The van der Waals surface area contributed by atoms with Crippen LogP contribution < -0.4 is 5.32 Å². The molecular formula is C12H15NO3. The van der Waals surface area contributed by atoms with Crippen LogP contribution in [0.5, 0.6) is 0 Å². The van der Waals surface area contributed by atoms with Gasteiger partial charge in [0, 0.05) is 12.1 Å². The summed E-state index contributed by atoms with van der Waals surface area (Å²) in [5, 5.41) is 11.4. The van der Waals surface area contributed by atoms with Crippen LogP contribution in [0.3, 0.4) is 0 Å². The van der Waals surface area contributed by atoms with Crippen LogP contribution in [0.1, 0.15) is 23.7 Å². The third-order valence-corrected chi connectivity index (χ3v) is 2.01. The molecule has 0 heterocycles. The fourth-order valence-electron chi connectivity index (χ4n) is 1.20. The van der Waals surface area contributed by atoms with E-state index in [1.807, 2.05) is 6.07 Å². The number of ketones is 1. The van der Waals surface area contributed by atoms with Gasteiger partial charge in [-0.05, 0) is 6.92 Å². The number of aliphatic hydroxyl groups excluding tert-OH is 1. The van der Waals surface area contributed by atoms with E-state index in [1.54, 1.807) is 31.2 Å². The van der Waals surface area contributed by atoms with E-state index in [0.717, 1.165) is 0 Å². The van der Waals surface area contributed by atoms with Crippen LogP contribution >= 0.6 is 0 Å². The zero-order chi connectivity index (χ0) is 12.0. The summed E-state index contributed by atoms with van der Waals surface area (Å²) in [6, 6.07) is 8.65. The molecule has 0 spiro atoms. The first-order chi connectivity index (χ1) is 7.59. The van der Waals surface area contributed by atoms with Gasteiger partial charge in [0.1, 0.15) is 0 Å². The minimum absolute atomic E-state index is 0.168. The molecule has 0 aliphatic heterocycles. The highest BCUT2D eigenvalue weighted by atomic mass is 16.3. The number of Topliss-reactive ketones (excluding diaryl/α,β-unsaturated/α-hetero) is 1. The van der Waals surface area contributed by atoms with Gasteiger partial charge in [-0.3, -0.25) is 9.59 Å². The Kier molecular flexibility index (Phi) is 4.66. The van der Waals surface area contributed by atoms with Gasteiger partial charge in [0.15, 0.2) is 5.78 Å². The highest BCUT2D eigenvalue weighted by Crippen LogP contribution is 2.02. The van der Waals surface area contributed by atoms with Crippen molar-refractivity contribution in [1.29, 1.82) is 0 Å². The Balaban J connectivity index is 2.43. The number of carbonyl (C=O) groups is 2. The van der Waals surface area contributed by atoms with Gasteiger partial charge in [-0.2, -0.15) is 0 Å². The van der Waals surface area contributed by atoms with Gasteiger partial charge in [-0.15, -0.1) is 0 Å². The van der Waals surface area contributed by atoms with Crippen LogP contribution in [0.2, 0.25) is 0 Å². The highest BCUT2D eigenvalue weighted by molar-refractivity contribution is 6.07. The molecule has 16 heavy (non-hydrogen) atoms. The Morgan fingerprint density at radius 2 is 1.94 bits per heavy atom. The van der Waals surface area contributed by atoms with Crippen LogP contribution in [0.4, 0.5) is 0 Å². The summed E-state index contributed by atoms with van der Waals surface area (Å²) < 4.78 is 0. The second-order valence-electron chi connectivity index (χ2n) is 3.62. The number of aliphatic hydroxyl groups is 1. The van der Waals surface area contributed by atoms with E-state index in [9.17, 15) is 9.59 Å². The number of rotatable bonds is 5. The lowest BCUT2D eigenvalue weighted by Crippen LogP contribution is -2.31. The van der Waals surface area contributed by atoms with Crippen molar-refractivity contribution < 1.29 is 14.7 Å². The molecule has 0 bridgehead atoms. The monoisotopic (exact) mass is 221 g/mol. The van der Waals surface area contributed by atoms with Gasteiger partial charge < -0.3 is 10.4 Å². The van der Waals surface area contributed by atoms with Crippen molar-refractivity contribution in [3.8, 4) is 0 Å². The van der Waals surface area contributed by atoms with Crippen LogP contribution in [0, 0.1) is 0 Å². The summed E-state index contributed by atoms with van der Waals surface area (Å²) in [6.45, 7) is 1.74. The molecule has 0 saturated heterocycles. The molecule has 0 radical (unpaired) electrons. The normalized spacial score (nSPS) is 11.9. The third-order valence-electron chi connectivity index (χ3n) is 2.01. The molecule has 1 aromatic rings. The van der Waals surface area contributed by atoms with Crippen molar-refractivity contribution in [3.63, 3.8) is 0 Å². The van der Waals surface area contributed by atoms with E-state index in [0.29, 0.717) is 5.56 Å². The number of benzene rings is 1. The molecule has 0 saturated carbocycles. The zero-order valence-electron chi connectivity index (χ0n) is 9.14. The Hall–Kier alpha value is -1.68. The minimum Gasteiger partial charge on any atom is -0.392 e. The Labute approximate surface area is 94.3 Å². The molecule has 1 atom stereocenters. The van der Waals surface area contributed by atoms with Gasteiger partial charge in [-0.1, -0.05) is 30.3 Å². The molecule has 4 nitrogen and oxygen atoms in total. The molecule has 86 valence electrons. The highest BCUT2D eigenvalue weighted by Gasteiger charge is 2.11. The topological polar surface area (TPSA) is 66.4 Å². The molecule has 1 amide bonds. The molecule has 0 aliphatic carbocycles. The van der Waals surface area contributed by atoms with E-state index in [-0.39, 0.29) is 24.7 Å². The van der Waals surface area contributed by atoms with Crippen molar-refractivity contribution in [2.24, 2.45) is 0 Å². The summed E-state index contributed by atoms with van der Waals surface area (Å²) in [6.07, 6.45) is -0.785. The summed E-state index contributed by atoms with van der Waals surface area (Å²) in [4.78, 5) is 22.9. The first-order valence-corrected chi connectivity index (χ1v) is 5.12. The standard InChI is InChI=1S/C12H15NO3/c1-9(14)8-13-12(16)7-11(15)10-5-3-2-4-6-10/h2-6,9,14H,7-8H2,1H3,(H,13,16). The molecule has 2 N–H and O–H groups in total. The molecular weight excluding hydrogens is 206 g/mol. The van der Waals surface area contributed by atoms with Crippen molar-refractivity contribution in [3.05, 3.63) is 35.9 Å². The van der Waals surface area contributed by atoms with Crippen LogP contribution in [-0.4, -0.2) is 29.4 Å². The van der Waals surface area contributed by atoms with Gasteiger partial charge in [0.2, 0.25) is 5.91 Å². The molecule has 1 unspecified atom stereocenters. The minimum atomic E-state index is -0.601. The maximum atomic E-state index is 11.6. The SMILES string of the molecule is CC(O)CNC(=O)CC(=O)c1ccccc1. The number of amides is 1. The maximum absolute atomic E-state index is 11.6. The zero-order valence-corrected chi connectivity index (χ0v) is 9.14. The van der Waals surface area contributed by atoms with Crippen LogP contribution in [0.15, 0.2) is 30.3 Å². The van der Waals surface area contributed by atoms with Gasteiger partial charge in [0.05, 0.1) is 12.5 Å². The van der Waals surface area contributed by atoms with Crippen molar-refractivity contribution >= 4 is 11.7 Å². The second-order valence-corrected chi connectivity index (χ2v) is 3.62. The average molecular weight is 221 g/mol. The fourth-order valence-corrected chi connectivity index (χ4v) is 1.20. The van der Waals surface area contributed by atoms with E-state index < -0.39 is 6.10 Å². The van der Waals surface area contributed by atoms with E-state index in [4.69, 9.17) is 5.11 Å². The number of hydrogen-bond acceptors (Lipinski definition) is 3. The fraction of sp³-hybridized carbons (Fsp3) is 0.333. The number of carbonyl (C=O) groups excluding carboxylic acids is 2. The number of hydrogen-bond donors (Lipinski definition) is 2. The predicted octanol–water partition coefficient (Wildman–Crippen LogP) is 0.756. The predicted molar refractivity (Wildman–Crippen MR) is 60.1 cm³/mol. The summed E-state index contributed by atoms with van der Waals surface area (Å²) in [5.74, 6) is -0.585. The molecule has 1 rings (SSSR count). The largest absolute Gasteiger partial charge is 0.392 e. The van der Waals surface area contributed by atoms with E-state index in [1.165, 1.54) is 0 Å². The molecule has 1 aromatic carbocycles. The van der Waals surface area contributed by atoms with Gasteiger partial charge in [-0.25, -0.2) is 0 Å². The van der Waals surface area contributed by atoms with E-state index in [2.05, 4.69) is 5.32 Å². The molecule has 0 aromatic heterocycles. The van der Waals surface area contributed by atoms with Crippen LogP contribution in [-0.2, 0) is 4.79 Å². The Morgan fingerprint density at radius 3 is 2.50 bits per heavy atom. The van der Waals surface area contributed by atoms with Gasteiger partial charge in [0.25, 0.3) is 0 Å². The summed E-state index contributed by atoms with van der Waals surface area (Å²) >= 11 is 0. The third kappa shape index (κ3) is 4.23. The Bertz CT molecular complexity index is 360. The Morgan fingerprint density at radius 1 is 1.31 bits per heavy atom. The van der Waals surface area contributed by atoms with Crippen molar-refractivity contribution in [2.75, 3.05) is 6.54 Å². The molecule has 4 heteroatoms. The molecule has 0 fully saturated rings. The summed E-state index contributed by atoms with van der Waals surface area (Å²) in [5.41, 5.74) is 0.523. The van der Waals surface area contributed by atoms with Crippen molar-refractivity contribution in [1.82, 2.24) is 5.32 Å². The maximum Gasteiger partial charge on any atom is 0.227 e. The van der Waals surface area contributed by atoms with Crippen molar-refractivity contribution in [2.45, 2.75) is 19.4 Å².